The molecule has 1 heterocycles. The van der Waals surface area contributed by atoms with E-state index < -0.39 is 0 Å². The third-order valence-corrected chi connectivity index (χ3v) is 4.35. The molecular formula is C15H22BrN3O. The number of halogens is 1. The molecule has 1 N–H and O–H groups in total. The van der Waals surface area contributed by atoms with E-state index in [-0.39, 0.29) is 12.1 Å². The van der Waals surface area contributed by atoms with Crippen molar-refractivity contribution >= 4 is 22.0 Å². The van der Waals surface area contributed by atoms with Gasteiger partial charge in [-0.05, 0) is 31.2 Å². The normalized spacial score (nSPS) is 17.9. The minimum atomic E-state index is 0.0276. The first kappa shape index (κ1) is 15.3. The highest BCUT2D eigenvalue weighted by Gasteiger charge is 2.21. The van der Waals surface area contributed by atoms with Crippen LogP contribution in [0.2, 0.25) is 0 Å². The number of hydrogen-bond donors (Lipinski definition) is 1. The summed E-state index contributed by atoms with van der Waals surface area (Å²) in [6.07, 6.45) is 0. The first-order valence-electron chi connectivity index (χ1n) is 7.13. The maximum absolute atomic E-state index is 12.2. The molecule has 2 amide bonds. The third-order valence-electron chi connectivity index (χ3n) is 3.82. The first-order chi connectivity index (χ1) is 9.60. The molecule has 5 heteroatoms. The van der Waals surface area contributed by atoms with Gasteiger partial charge in [0.25, 0.3) is 0 Å². The van der Waals surface area contributed by atoms with E-state index in [0.717, 1.165) is 42.8 Å². The zero-order valence-electron chi connectivity index (χ0n) is 12.1. The van der Waals surface area contributed by atoms with E-state index in [2.05, 4.69) is 33.1 Å². The molecule has 20 heavy (non-hydrogen) atoms. The molecule has 1 aromatic carbocycles. The summed E-state index contributed by atoms with van der Waals surface area (Å²) in [5, 5.41) is 3.07. The quantitative estimate of drug-likeness (QED) is 0.918. The summed E-state index contributed by atoms with van der Waals surface area (Å²) in [5.41, 5.74) is 1.12. The molecule has 1 aliphatic rings. The second-order valence-electron chi connectivity index (χ2n) is 5.14. The summed E-state index contributed by atoms with van der Waals surface area (Å²) in [5.74, 6) is 0. The maximum atomic E-state index is 12.2. The summed E-state index contributed by atoms with van der Waals surface area (Å²) in [6.45, 7) is 8.80. The molecule has 2 rings (SSSR count). The van der Waals surface area contributed by atoms with E-state index in [1.807, 2.05) is 36.1 Å². The van der Waals surface area contributed by atoms with Crippen molar-refractivity contribution in [2.75, 3.05) is 32.7 Å². The average Bonchev–Trinajstić information content (AvgIpc) is 2.48. The van der Waals surface area contributed by atoms with Crippen LogP contribution in [0.25, 0.3) is 0 Å². The standard InChI is InChI=1S/C15H22BrN3O/c1-3-18-8-10-19(11-9-18)15(20)17-12(2)13-4-6-14(16)7-5-13/h4-7,12H,3,8-11H2,1-2H3,(H,17,20). The summed E-state index contributed by atoms with van der Waals surface area (Å²) in [6, 6.07) is 8.13. The van der Waals surface area contributed by atoms with Crippen molar-refractivity contribution < 1.29 is 4.79 Å². The summed E-state index contributed by atoms with van der Waals surface area (Å²) in [7, 11) is 0. The summed E-state index contributed by atoms with van der Waals surface area (Å²) < 4.78 is 1.05. The Morgan fingerprint density at radius 2 is 1.85 bits per heavy atom. The van der Waals surface area contributed by atoms with Crippen LogP contribution in [0.1, 0.15) is 25.5 Å². The zero-order chi connectivity index (χ0) is 14.5. The molecule has 1 fully saturated rings. The van der Waals surface area contributed by atoms with Crippen molar-refractivity contribution in [1.29, 1.82) is 0 Å². The van der Waals surface area contributed by atoms with Crippen molar-refractivity contribution in [2.24, 2.45) is 0 Å². The Morgan fingerprint density at radius 3 is 2.40 bits per heavy atom. The number of nitrogens with zero attached hydrogens (tertiary/aromatic N) is 2. The van der Waals surface area contributed by atoms with Gasteiger partial charge in [-0.15, -0.1) is 0 Å². The number of hydrogen-bond acceptors (Lipinski definition) is 2. The largest absolute Gasteiger partial charge is 0.331 e. The lowest BCUT2D eigenvalue weighted by Crippen LogP contribution is -2.51. The molecule has 4 nitrogen and oxygen atoms in total. The van der Waals surface area contributed by atoms with E-state index in [0.29, 0.717) is 0 Å². The van der Waals surface area contributed by atoms with Gasteiger partial charge in [-0.1, -0.05) is 35.0 Å². The smallest absolute Gasteiger partial charge is 0.317 e. The van der Waals surface area contributed by atoms with Crippen LogP contribution >= 0.6 is 15.9 Å². The molecule has 1 atom stereocenters. The molecule has 0 saturated carbocycles. The Morgan fingerprint density at radius 1 is 1.25 bits per heavy atom. The van der Waals surface area contributed by atoms with Crippen LogP contribution in [0.15, 0.2) is 28.7 Å². The molecule has 110 valence electrons. The Hall–Kier alpha value is -1.07. The van der Waals surface area contributed by atoms with Gasteiger partial charge in [0, 0.05) is 30.7 Å². The predicted molar refractivity (Wildman–Crippen MR) is 84.8 cm³/mol. The Labute approximate surface area is 129 Å². The molecule has 0 bridgehead atoms. The van der Waals surface area contributed by atoms with Gasteiger partial charge in [0.1, 0.15) is 0 Å². The number of rotatable bonds is 3. The first-order valence-corrected chi connectivity index (χ1v) is 7.92. The third kappa shape index (κ3) is 3.96. The van der Waals surface area contributed by atoms with Crippen molar-refractivity contribution in [1.82, 2.24) is 15.1 Å². The van der Waals surface area contributed by atoms with Crippen LogP contribution in [0.3, 0.4) is 0 Å². The van der Waals surface area contributed by atoms with E-state index in [9.17, 15) is 4.79 Å². The second kappa shape index (κ2) is 7.09. The fraction of sp³-hybridized carbons (Fsp3) is 0.533. The number of carbonyl (C=O) groups excluding carboxylic acids is 1. The highest BCUT2D eigenvalue weighted by Crippen LogP contribution is 2.17. The molecule has 0 aromatic heterocycles. The Bertz CT molecular complexity index is 441. The van der Waals surface area contributed by atoms with Crippen LogP contribution in [-0.2, 0) is 0 Å². The molecule has 1 unspecified atom stereocenters. The van der Waals surface area contributed by atoms with Crippen LogP contribution in [0, 0.1) is 0 Å². The molecule has 1 aromatic rings. The number of nitrogens with one attached hydrogen (secondary N) is 1. The SMILES string of the molecule is CCN1CCN(C(=O)NC(C)c2ccc(Br)cc2)CC1. The van der Waals surface area contributed by atoms with Gasteiger partial charge in [-0.25, -0.2) is 4.79 Å². The predicted octanol–water partition coefficient (Wildman–Crippen LogP) is 2.86. The monoisotopic (exact) mass is 339 g/mol. The van der Waals surface area contributed by atoms with E-state index in [4.69, 9.17) is 0 Å². The van der Waals surface area contributed by atoms with Gasteiger partial charge in [-0.2, -0.15) is 0 Å². The number of carbonyl (C=O) groups is 1. The maximum Gasteiger partial charge on any atom is 0.317 e. The molecule has 0 radical (unpaired) electrons. The zero-order valence-corrected chi connectivity index (χ0v) is 13.7. The molecular weight excluding hydrogens is 318 g/mol. The highest BCUT2D eigenvalue weighted by atomic mass is 79.9. The fourth-order valence-corrected chi connectivity index (χ4v) is 2.64. The van der Waals surface area contributed by atoms with E-state index in [1.54, 1.807) is 0 Å². The van der Waals surface area contributed by atoms with Gasteiger partial charge in [-0.3, -0.25) is 0 Å². The van der Waals surface area contributed by atoms with Crippen molar-refractivity contribution in [3.8, 4) is 0 Å². The highest BCUT2D eigenvalue weighted by molar-refractivity contribution is 9.10. The fourth-order valence-electron chi connectivity index (χ4n) is 2.38. The average molecular weight is 340 g/mol. The molecule has 1 saturated heterocycles. The van der Waals surface area contributed by atoms with Crippen molar-refractivity contribution in [3.05, 3.63) is 34.3 Å². The number of amides is 2. The van der Waals surface area contributed by atoms with Crippen LogP contribution in [0.4, 0.5) is 4.79 Å². The molecule has 0 spiro atoms. The second-order valence-corrected chi connectivity index (χ2v) is 6.06. The van der Waals surface area contributed by atoms with Gasteiger partial charge in [0.05, 0.1) is 6.04 Å². The number of likely N-dealkylation sites (N-methyl/N-ethyl adjacent to an activating group) is 1. The van der Waals surface area contributed by atoms with Crippen LogP contribution in [0.5, 0.6) is 0 Å². The molecule has 0 aliphatic carbocycles. The van der Waals surface area contributed by atoms with Gasteiger partial charge >= 0.3 is 6.03 Å². The van der Waals surface area contributed by atoms with Crippen LogP contribution < -0.4 is 5.32 Å². The summed E-state index contributed by atoms with van der Waals surface area (Å²) >= 11 is 3.42. The lowest BCUT2D eigenvalue weighted by molar-refractivity contribution is 0.141. The number of piperazine rings is 1. The van der Waals surface area contributed by atoms with Gasteiger partial charge in [0.2, 0.25) is 0 Å². The van der Waals surface area contributed by atoms with Crippen molar-refractivity contribution in [3.63, 3.8) is 0 Å². The summed E-state index contributed by atoms with van der Waals surface area (Å²) in [4.78, 5) is 16.5. The van der Waals surface area contributed by atoms with Crippen molar-refractivity contribution in [2.45, 2.75) is 19.9 Å². The van der Waals surface area contributed by atoms with Gasteiger partial charge in [0.15, 0.2) is 0 Å². The number of urea groups is 1. The van der Waals surface area contributed by atoms with Crippen LogP contribution in [-0.4, -0.2) is 48.6 Å². The minimum absolute atomic E-state index is 0.0276. The molecule has 1 aliphatic heterocycles. The minimum Gasteiger partial charge on any atom is -0.331 e. The lowest BCUT2D eigenvalue weighted by Gasteiger charge is -2.34. The topological polar surface area (TPSA) is 35.6 Å². The van der Waals surface area contributed by atoms with E-state index >= 15 is 0 Å². The van der Waals surface area contributed by atoms with Gasteiger partial charge < -0.3 is 15.1 Å². The Kier molecular flexibility index (Phi) is 5.43. The Balaban J connectivity index is 1.86. The lowest BCUT2D eigenvalue weighted by atomic mass is 10.1. The number of benzene rings is 1. The van der Waals surface area contributed by atoms with E-state index in [1.165, 1.54) is 0 Å².